The number of carbonyl (C=O) groups excluding carboxylic acids is 1. The lowest BCUT2D eigenvalue weighted by atomic mass is 10.00. The summed E-state index contributed by atoms with van der Waals surface area (Å²) >= 11 is 0. The van der Waals surface area contributed by atoms with Crippen LogP contribution in [0.1, 0.15) is 52.4 Å². The molecule has 0 saturated heterocycles. The van der Waals surface area contributed by atoms with Crippen LogP contribution >= 0.6 is 0 Å². The van der Waals surface area contributed by atoms with Crippen molar-refractivity contribution in [2.24, 2.45) is 7.05 Å². The number of H-pyrrole nitrogens is 1. The fourth-order valence-corrected chi connectivity index (χ4v) is 5.76. The molecule has 1 saturated carbocycles. The number of nitrogens with one attached hydrogen (secondary N) is 2. The van der Waals surface area contributed by atoms with Gasteiger partial charge in [-0.2, -0.15) is 5.10 Å². The predicted molar refractivity (Wildman–Crippen MR) is 146 cm³/mol. The number of aromatic nitrogens is 3. The Morgan fingerprint density at radius 1 is 1.11 bits per heavy atom. The summed E-state index contributed by atoms with van der Waals surface area (Å²) in [7, 11) is 1.97. The van der Waals surface area contributed by atoms with Crippen LogP contribution in [0.25, 0.3) is 27.9 Å². The van der Waals surface area contributed by atoms with Crippen LogP contribution in [0.5, 0.6) is 5.75 Å². The zero-order valence-electron chi connectivity index (χ0n) is 21.3. The summed E-state index contributed by atoms with van der Waals surface area (Å²) in [6.07, 6.45) is 5.79. The minimum Gasteiger partial charge on any atom is -0.491 e. The summed E-state index contributed by atoms with van der Waals surface area (Å²) < 4.78 is 7.99. The van der Waals surface area contributed by atoms with Gasteiger partial charge in [0.2, 0.25) is 0 Å². The predicted octanol–water partition coefficient (Wildman–Crippen LogP) is 5.17. The Labute approximate surface area is 216 Å². The Kier molecular flexibility index (Phi) is 5.22. The van der Waals surface area contributed by atoms with Crippen molar-refractivity contribution in [2.45, 2.75) is 32.1 Å². The van der Waals surface area contributed by atoms with Crippen LogP contribution in [0.15, 0.2) is 48.5 Å². The third-order valence-electron chi connectivity index (χ3n) is 7.95. The molecule has 2 aliphatic heterocycles. The lowest BCUT2D eigenvalue weighted by Crippen LogP contribution is -2.32. The highest BCUT2D eigenvalue weighted by Crippen LogP contribution is 2.42. The van der Waals surface area contributed by atoms with Gasteiger partial charge in [-0.3, -0.25) is 9.48 Å². The van der Waals surface area contributed by atoms with Crippen molar-refractivity contribution in [1.29, 1.82) is 0 Å². The summed E-state index contributed by atoms with van der Waals surface area (Å²) in [5.41, 5.74) is 9.24. The SMILES string of the molecule is Cc1c(-c2nn(C)c3[nH]c(C4=CCCNC4)cc23)cccc1N1CCOc2cc(C3CC3)ccc2C1=O. The number of aryl methyl sites for hydroxylation is 1. The van der Waals surface area contributed by atoms with E-state index in [1.807, 2.05) is 34.8 Å². The van der Waals surface area contributed by atoms with E-state index >= 15 is 0 Å². The van der Waals surface area contributed by atoms with E-state index in [4.69, 9.17) is 9.84 Å². The van der Waals surface area contributed by atoms with Crippen molar-refractivity contribution in [3.63, 3.8) is 0 Å². The molecule has 0 spiro atoms. The Balaban J connectivity index is 1.27. The van der Waals surface area contributed by atoms with Crippen LogP contribution in [0.3, 0.4) is 0 Å². The zero-order valence-corrected chi connectivity index (χ0v) is 21.3. The highest BCUT2D eigenvalue weighted by molar-refractivity contribution is 6.09. The summed E-state index contributed by atoms with van der Waals surface area (Å²) in [5, 5.41) is 9.42. The highest BCUT2D eigenvalue weighted by Gasteiger charge is 2.30. The van der Waals surface area contributed by atoms with E-state index in [9.17, 15) is 4.79 Å². The number of benzene rings is 2. The number of fused-ring (bicyclic) bond motifs is 2. The molecular weight excluding hydrogens is 462 g/mol. The van der Waals surface area contributed by atoms with Gasteiger partial charge in [-0.05, 0) is 79.6 Å². The smallest absolute Gasteiger partial charge is 0.262 e. The molecule has 2 aromatic carbocycles. The standard InChI is InChI=1S/C30H31N5O2/c1-18-22(28-24-16-25(21-5-4-12-31-17-21)32-29(24)34(2)33-28)6-3-7-26(18)35-13-14-37-27-15-20(19-8-9-19)10-11-23(27)30(35)36/h3,5-7,10-11,15-16,19,31-32H,4,8-9,12-14,17H2,1-2H3. The summed E-state index contributed by atoms with van der Waals surface area (Å²) in [4.78, 5) is 19.2. The van der Waals surface area contributed by atoms with E-state index in [1.165, 1.54) is 24.0 Å². The molecule has 7 nitrogen and oxygen atoms in total. The average molecular weight is 494 g/mol. The summed E-state index contributed by atoms with van der Waals surface area (Å²) in [6, 6.07) is 14.5. The van der Waals surface area contributed by atoms with Crippen LogP contribution in [0, 0.1) is 6.92 Å². The molecule has 37 heavy (non-hydrogen) atoms. The molecule has 1 fully saturated rings. The van der Waals surface area contributed by atoms with Crippen LogP contribution < -0.4 is 15.0 Å². The molecule has 4 heterocycles. The molecule has 2 aromatic heterocycles. The number of ether oxygens (including phenoxy) is 1. The van der Waals surface area contributed by atoms with Crippen LogP contribution in [0.2, 0.25) is 0 Å². The number of aromatic amines is 1. The number of nitrogens with zero attached hydrogens (tertiary/aromatic N) is 3. The first kappa shape index (κ1) is 22.4. The van der Waals surface area contributed by atoms with E-state index < -0.39 is 0 Å². The monoisotopic (exact) mass is 493 g/mol. The fourth-order valence-electron chi connectivity index (χ4n) is 5.76. The van der Waals surface area contributed by atoms with Gasteiger partial charge in [-0.15, -0.1) is 0 Å². The largest absolute Gasteiger partial charge is 0.491 e. The first-order chi connectivity index (χ1) is 18.1. The summed E-state index contributed by atoms with van der Waals surface area (Å²) in [6.45, 7) is 4.95. The van der Waals surface area contributed by atoms with Crippen molar-refractivity contribution in [1.82, 2.24) is 20.1 Å². The summed E-state index contributed by atoms with van der Waals surface area (Å²) in [5.74, 6) is 1.32. The quantitative estimate of drug-likeness (QED) is 0.411. The lowest BCUT2D eigenvalue weighted by molar-refractivity contribution is 0.0989. The fraction of sp³-hybridized carbons (Fsp3) is 0.333. The topological polar surface area (TPSA) is 75.2 Å². The minimum absolute atomic E-state index is 0.0121. The molecule has 1 aliphatic carbocycles. The van der Waals surface area contributed by atoms with Gasteiger partial charge in [0.1, 0.15) is 23.7 Å². The first-order valence-electron chi connectivity index (χ1n) is 13.2. The van der Waals surface area contributed by atoms with Gasteiger partial charge in [-0.1, -0.05) is 24.3 Å². The van der Waals surface area contributed by atoms with Gasteiger partial charge >= 0.3 is 0 Å². The first-order valence-corrected chi connectivity index (χ1v) is 13.2. The molecule has 7 rings (SSSR count). The number of amides is 1. The molecule has 2 N–H and O–H groups in total. The number of hydrogen-bond acceptors (Lipinski definition) is 4. The number of anilines is 1. The molecule has 7 heteroatoms. The van der Waals surface area contributed by atoms with Gasteiger partial charge < -0.3 is 19.9 Å². The molecule has 188 valence electrons. The van der Waals surface area contributed by atoms with Crippen LogP contribution in [-0.4, -0.2) is 46.9 Å². The van der Waals surface area contributed by atoms with Crippen LogP contribution in [-0.2, 0) is 7.05 Å². The van der Waals surface area contributed by atoms with Gasteiger partial charge in [-0.25, -0.2) is 0 Å². The van der Waals surface area contributed by atoms with Crippen molar-refractivity contribution >= 4 is 28.2 Å². The Morgan fingerprint density at radius 3 is 2.81 bits per heavy atom. The van der Waals surface area contributed by atoms with Gasteiger partial charge in [0.15, 0.2) is 0 Å². The zero-order chi connectivity index (χ0) is 25.1. The Bertz CT molecular complexity index is 1570. The van der Waals surface area contributed by atoms with E-state index in [-0.39, 0.29) is 5.91 Å². The van der Waals surface area contributed by atoms with Gasteiger partial charge in [0.05, 0.1) is 12.1 Å². The van der Waals surface area contributed by atoms with Crippen molar-refractivity contribution in [3.05, 3.63) is 70.9 Å². The van der Waals surface area contributed by atoms with Gasteiger partial charge in [0.25, 0.3) is 5.91 Å². The maximum absolute atomic E-state index is 13.7. The molecule has 3 aliphatic rings. The highest BCUT2D eigenvalue weighted by atomic mass is 16.5. The Hall–Kier alpha value is -3.84. The van der Waals surface area contributed by atoms with Crippen molar-refractivity contribution in [3.8, 4) is 17.0 Å². The minimum atomic E-state index is -0.0121. The number of rotatable bonds is 4. The third-order valence-corrected chi connectivity index (χ3v) is 7.95. The maximum atomic E-state index is 13.7. The maximum Gasteiger partial charge on any atom is 0.262 e. The molecule has 1 amide bonds. The average Bonchev–Trinajstić information content (AvgIpc) is 3.63. The molecule has 0 atom stereocenters. The normalized spacial score (nSPS) is 17.9. The van der Waals surface area contributed by atoms with E-state index in [0.29, 0.717) is 30.4 Å². The Morgan fingerprint density at radius 2 is 2.00 bits per heavy atom. The molecule has 4 aromatic rings. The van der Waals surface area contributed by atoms with Crippen molar-refractivity contribution < 1.29 is 9.53 Å². The van der Waals surface area contributed by atoms with Crippen molar-refractivity contribution in [2.75, 3.05) is 31.1 Å². The second-order valence-electron chi connectivity index (χ2n) is 10.4. The molecule has 0 radical (unpaired) electrons. The van der Waals surface area contributed by atoms with Crippen LogP contribution in [0.4, 0.5) is 5.69 Å². The van der Waals surface area contributed by atoms with Gasteiger partial charge in [0, 0.05) is 35.9 Å². The van der Waals surface area contributed by atoms with E-state index in [1.54, 1.807) is 0 Å². The van der Waals surface area contributed by atoms with E-state index in [0.717, 1.165) is 58.7 Å². The lowest BCUT2D eigenvalue weighted by Gasteiger charge is -2.23. The number of hydrogen-bond donors (Lipinski definition) is 2. The number of carbonyl (C=O) groups is 1. The van der Waals surface area contributed by atoms with E-state index in [2.05, 4.69) is 47.6 Å². The molecule has 0 bridgehead atoms. The molecular formula is C30H31N5O2. The molecule has 0 unspecified atom stereocenters. The second kappa shape index (κ2) is 8.63. The third kappa shape index (κ3) is 3.76. The second-order valence-corrected chi connectivity index (χ2v) is 10.4.